The summed E-state index contributed by atoms with van der Waals surface area (Å²) < 4.78 is 5.54. The predicted molar refractivity (Wildman–Crippen MR) is 109 cm³/mol. The van der Waals surface area contributed by atoms with E-state index in [0.717, 1.165) is 16.3 Å². The van der Waals surface area contributed by atoms with Crippen LogP contribution < -0.4 is 0 Å². The number of ether oxygens (including phenoxy) is 1. The highest BCUT2D eigenvalue weighted by atomic mass is 32.1. The van der Waals surface area contributed by atoms with E-state index in [4.69, 9.17) is 9.72 Å². The van der Waals surface area contributed by atoms with E-state index < -0.39 is 5.60 Å². The van der Waals surface area contributed by atoms with Crippen molar-refractivity contribution in [3.05, 3.63) is 57.6 Å². The van der Waals surface area contributed by atoms with Crippen LogP contribution in [0.2, 0.25) is 0 Å². The molecule has 2 aliphatic rings. The molecule has 0 fully saturated rings. The lowest BCUT2D eigenvalue weighted by Crippen LogP contribution is -2.27. The fraction of sp³-hybridized carbons (Fsp3) is 0.333. The summed E-state index contributed by atoms with van der Waals surface area (Å²) in [7, 11) is 1.70. The number of rotatable bonds is 3. The molecule has 0 spiro atoms. The maximum Gasteiger partial charge on any atom is 0.118 e. The van der Waals surface area contributed by atoms with Gasteiger partial charge in [-0.1, -0.05) is 37.3 Å². The van der Waals surface area contributed by atoms with Gasteiger partial charge >= 0.3 is 0 Å². The summed E-state index contributed by atoms with van der Waals surface area (Å²) in [6, 6.07) is 0.111. The molecule has 3 unspecified atom stereocenters. The third kappa shape index (κ3) is 4.53. The van der Waals surface area contributed by atoms with E-state index in [0.29, 0.717) is 5.92 Å². The van der Waals surface area contributed by atoms with Crippen molar-refractivity contribution in [2.75, 3.05) is 7.11 Å². The second kappa shape index (κ2) is 7.46. The summed E-state index contributed by atoms with van der Waals surface area (Å²) in [5.41, 5.74) is 1.70. The molecule has 130 valence electrons. The number of aliphatic imine (C=N–C) groups is 1. The van der Waals surface area contributed by atoms with Crippen LogP contribution in [0.25, 0.3) is 18.2 Å². The Balaban J connectivity index is 1.82. The monoisotopic (exact) mass is 352 g/mol. The van der Waals surface area contributed by atoms with E-state index in [1.165, 1.54) is 4.88 Å². The molecule has 0 saturated heterocycles. The van der Waals surface area contributed by atoms with Crippen LogP contribution in [0.15, 0.2) is 47.0 Å². The molecule has 0 bridgehead atoms. The minimum Gasteiger partial charge on any atom is -0.369 e. The van der Waals surface area contributed by atoms with Gasteiger partial charge in [0.15, 0.2) is 0 Å². The van der Waals surface area contributed by atoms with E-state index in [1.54, 1.807) is 18.4 Å². The zero-order chi connectivity index (χ0) is 17.9. The first-order chi connectivity index (χ1) is 12.0. The Labute approximate surface area is 153 Å². The van der Waals surface area contributed by atoms with Gasteiger partial charge in [0.05, 0.1) is 16.6 Å². The number of aromatic nitrogens is 1. The SMILES string of the molecule is COC1(C)C=NC(C)/C=C(/C=C/c2nc3c(s2)C=CC(C)C=C3)\C=C/1. The third-order valence-corrected chi connectivity index (χ3v) is 5.27. The van der Waals surface area contributed by atoms with Crippen LogP contribution in [0.1, 0.15) is 36.3 Å². The quantitative estimate of drug-likeness (QED) is 0.750. The molecule has 3 atom stereocenters. The highest BCUT2D eigenvalue weighted by molar-refractivity contribution is 7.13. The summed E-state index contributed by atoms with van der Waals surface area (Å²) in [5.74, 6) is 0.461. The lowest BCUT2D eigenvalue weighted by atomic mass is 10.0. The van der Waals surface area contributed by atoms with Crippen molar-refractivity contribution in [2.45, 2.75) is 32.4 Å². The number of thiazole rings is 1. The Kier molecular flexibility index (Phi) is 5.30. The van der Waals surface area contributed by atoms with Gasteiger partial charge in [0.1, 0.15) is 10.6 Å². The topological polar surface area (TPSA) is 34.5 Å². The molecule has 3 nitrogen and oxygen atoms in total. The summed E-state index contributed by atoms with van der Waals surface area (Å²) >= 11 is 1.71. The van der Waals surface area contributed by atoms with E-state index in [9.17, 15) is 0 Å². The van der Waals surface area contributed by atoms with Crippen LogP contribution in [0.3, 0.4) is 0 Å². The Hall–Kier alpha value is -2.04. The van der Waals surface area contributed by atoms with Gasteiger partial charge in [0, 0.05) is 13.3 Å². The number of hydrogen-bond donors (Lipinski definition) is 0. The Morgan fingerprint density at radius 1 is 1.16 bits per heavy atom. The largest absolute Gasteiger partial charge is 0.369 e. The lowest BCUT2D eigenvalue weighted by Gasteiger charge is -2.21. The van der Waals surface area contributed by atoms with E-state index in [2.05, 4.69) is 67.4 Å². The molecular formula is C21H24N2OS. The normalized spacial score (nSPS) is 31.9. The van der Waals surface area contributed by atoms with Crippen molar-refractivity contribution >= 4 is 35.8 Å². The predicted octanol–water partition coefficient (Wildman–Crippen LogP) is 5.19. The average molecular weight is 353 g/mol. The molecule has 1 aliphatic heterocycles. The molecule has 0 saturated carbocycles. The molecule has 4 heteroatoms. The average Bonchev–Trinajstić information content (AvgIpc) is 2.91. The van der Waals surface area contributed by atoms with Crippen LogP contribution in [0.4, 0.5) is 0 Å². The highest BCUT2D eigenvalue weighted by Crippen LogP contribution is 2.26. The fourth-order valence-electron chi connectivity index (χ4n) is 2.56. The summed E-state index contributed by atoms with van der Waals surface area (Å²) in [5, 5.41) is 1.01. The van der Waals surface area contributed by atoms with E-state index in [1.807, 2.05) is 19.2 Å². The van der Waals surface area contributed by atoms with Crippen LogP contribution in [-0.2, 0) is 4.74 Å². The summed E-state index contributed by atoms with van der Waals surface area (Å²) in [6.45, 7) is 6.25. The van der Waals surface area contributed by atoms with Crippen molar-refractivity contribution in [3.8, 4) is 0 Å². The second-order valence-electron chi connectivity index (χ2n) is 6.62. The Morgan fingerprint density at radius 2 is 1.96 bits per heavy atom. The van der Waals surface area contributed by atoms with Crippen molar-refractivity contribution in [3.63, 3.8) is 0 Å². The van der Waals surface area contributed by atoms with Gasteiger partial charge in [-0.05, 0) is 49.6 Å². The maximum atomic E-state index is 5.54. The van der Waals surface area contributed by atoms with Crippen LogP contribution in [0.5, 0.6) is 0 Å². The maximum absolute atomic E-state index is 5.54. The number of fused-ring (bicyclic) bond motifs is 1. The van der Waals surface area contributed by atoms with Crippen molar-refractivity contribution in [2.24, 2.45) is 10.9 Å². The molecule has 2 heterocycles. The lowest BCUT2D eigenvalue weighted by molar-refractivity contribution is 0.111. The number of nitrogens with zero attached hydrogens (tertiary/aromatic N) is 2. The smallest absolute Gasteiger partial charge is 0.118 e. The molecule has 0 amide bonds. The molecule has 0 radical (unpaired) electrons. The zero-order valence-electron chi connectivity index (χ0n) is 15.1. The molecule has 0 N–H and O–H groups in total. The molecule has 1 aromatic rings. The molecule has 3 rings (SSSR count). The van der Waals surface area contributed by atoms with Gasteiger partial charge in [-0.25, -0.2) is 4.98 Å². The minimum absolute atomic E-state index is 0.111. The molecular weight excluding hydrogens is 328 g/mol. The molecule has 1 aliphatic carbocycles. The van der Waals surface area contributed by atoms with Crippen LogP contribution in [0, 0.1) is 5.92 Å². The van der Waals surface area contributed by atoms with Gasteiger partial charge in [0.2, 0.25) is 0 Å². The summed E-state index contributed by atoms with van der Waals surface area (Å²) in [4.78, 5) is 10.5. The van der Waals surface area contributed by atoms with Gasteiger partial charge in [0.25, 0.3) is 0 Å². The zero-order valence-corrected chi connectivity index (χ0v) is 16.0. The molecule has 1 aromatic heterocycles. The first-order valence-electron chi connectivity index (χ1n) is 8.53. The highest BCUT2D eigenvalue weighted by Gasteiger charge is 2.18. The van der Waals surface area contributed by atoms with Gasteiger partial charge < -0.3 is 4.74 Å². The second-order valence-corrected chi connectivity index (χ2v) is 7.68. The Morgan fingerprint density at radius 3 is 2.76 bits per heavy atom. The van der Waals surface area contributed by atoms with Crippen molar-refractivity contribution in [1.82, 2.24) is 4.98 Å². The Bertz CT molecular complexity index is 778. The summed E-state index contributed by atoms with van der Waals surface area (Å²) in [6.07, 6.45) is 21.0. The number of methoxy groups -OCH3 is 1. The third-order valence-electron chi connectivity index (χ3n) is 4.27. The number of allylic oxidation sites excluding steroid dienone is 5. The minimum atomic E-state index is -0.466. The first kappa shape index (κ1) is 17.8. The van der Waals surface area contributed by atoms with Gasteiger partial charge in [-0.3, -0.25) is 4.99 Å². The van der Waals surface area contributed by atoms with Crippen LogP contribution >= 0.6 is 11.3 Å². The molecule has 25 heavy (non-hydrogen) atoms. The van der Waals surface area contributed by atoms with Gasteiger partial charge in [-0.15, -0.1) is 11.3 Å². The van der Waals surface area contributed by atoms with Gasteiger partial charge in [-0.2, -0.15) is 0 Å². The van der Waals surface area contributed by atoms with Crippen molar-refractivity contribution < 1.29 is 4.74 Å². The van der Waals surface area contributed by atoms with E-state index >= 15 is 0 Å². The molecule has 0 aromatic carbocycles. The number of hydrogen-bond acceptors (Lipinski definition) is 4. The standard InChI is InChI=1S/C21H24N2OS/c1-15-5-8-18-19(9-6-15)25-20(23-18)10-7-17-11-12-21(3,24-4)14-22-16(2)13-17/h5-16H,1-4H3/b10-7+,12-11-,17-13-,22-14?. The fourth-order valence-corrected chi connectivity index (χ4v) is 3.43. The van der Waals surface area contributed by atoms with Crippen LogP contribution in [-0.4, -0.2) is 30.0 Å². The first-order valence-corrected chi connectivity index (χ1v) is 9.35. The van der Waals surface area contributed by atoms with Crippen molar-refractivity contribution in [1.29, 1.82) is 0 Å². The van der Waals surface area contributed by atoms with E-state index in [-0.39, 0.29) is 6.04 Å².